The van der Waals surface area contributed by atoms with Gasteiger partial charge in [0.2, 0.25) is 0 Å². The predicted molar refractivity (Wildman–Crippen MR) is 84.9 cm³/mol. The summed E-state index contributed by atoms with van der Waals surface area (Å²) in [6.45, 7) is 0. The first kappa shape index (κ1) is 27.0. The molecule has 0 unspecified atom stereocenters. The number of para-hydroxylation sites is 4. The van der Waals surface area contributed by atoms with Crippen LogP contribution in [0.5, 0.6) is 11.5 Å². The molecule has 126 valence electrons. The first-order valence-electron chi connectivity index (χ1n) is 6.34. The van der Waals surface area contributed by atoms with Crippen molar-refractivity contribution in [2.75, 3.05) is 38.0 Å². The van der Waals surface area contributed by atoms with E-state index in [0.29, 0.717) is 11.5 Å². The van der Waals surface area contributed by atoms with Crippen LogP contribution in [0.3, 0.4) is 0 Å². The SMILES string of the molecule is CN(C)c1ccccc1O.CN(C)c1ccccc1O.[Cl-].[Cl-].[Zr+2]. The molecule has 7 heteroatoms. The van der Waals surface area contributed by atoms with Crippen LogP contribution in [0.4, 0.5) is 11.4 Å². The second kappa shape index (κ2) is 13.5. The van der Waals surface area contributed by atoms with Crippen LogP contribution in [0.25, 0.3) is 0 Å². The van der Waals surface area contributed by atoms with E-state index in [1.54, 1.807) is 12.1 Å². The van der Waals surface area contributed by atoms with Gasteiger partial charge in [-0.05, 0) is 24.3 Å². The summed E-state index contributed by atoms with van der Waals surface area (Å²) in [5.74, 6) is 0.653. The van der Waals surface area contributed by atoms with Gasteiger partial charge in [-0.3, -0.25) is 0 Å². The molecule has 0 fully saturated rings. The van der Waals surface area contributed by atoms with Gasteiger partial charge in [-0.15, -0.1) is 0 Å². The Kier molecular flexibility index (Phi) is 15.9. The Bertz CT molecular complexity index is 506. The summed E-state index contributed by atoms with van der Waals surface area (Å²) in [4.78, 5) is 3.74. The van der Waals surface area contributed by atoms with Gasteiger partial charge >= 0.3 is 26.2 Å². The Hall–Kier alpha value is -0.897. The van der Waals surface area contributed by atoms with Gasteiger partial charge in [-0.1, -0.05) is 24.3 Å². The van der Waals surface area contributed by atoms with Gasteiger partial charge in [-0.2, -0.15) is 0 Å². The minimum atomic E-state index is 0. The van der Waals surface area contributed by atoms with Gasteiger partial charge in [0, 0.05) is 28.2 Å². The number of hydrogen-bond acceptors (Lipinski definition) is 4. The minimum absolute atomic E-state index is 0. The topological polar surface area (TPSA) is 46.9 Å². The zero-order chi connectivity index (χ0) is 15.1. The van der Waals surface area contributed by atoms with E-state index in [1.807, 2.05) is 74.4 Å². The second-order valence-corrected chi connectivity index (χ2v) is 4.77. The first-order valence-corrected chi connectivity index (χ1v) is 6.34. The number of rotatable bonds is 2. The molecule has 0 amide bonds. The normalized spacial score (nSPS) is 8.17. The van der Waals surface area contributed by atoms with Crippen LogP contribution < -0.4 is 34.6 Å². The van der Waals surface area contributed by atoms with Crippen molar-refractivity contribution in [1.29, 1.82) is 0 Å². The molecule has 0 spiro atoms. The van der Waals surface area contributed by atoms with Crippen LogP contribution in [-0.4, -0.2) is 38.4 Å². The summed E-state index contributed by atoms with van der Waals surface area (Å²) < 4.78 is 0. The average Bonchev–Trinajstić information content (AvgIpc) is 2.40. The van der Waals surface area contributed by atoms with Crippen LogP contribution in [0.1, 0.15) is 0 Å². The maximum absolute atomic E-state index is 9.24. The van der Waals surface area contributed by atoms with Crippen molar-refractivity contribution in [3.05, 3.63) is 48.5 Å². The number of hydrogen-bond donors (Lipinski definition) is 2. The van der Waals surface area contributed by atoms with E-state index in [9.17, 15) is 10.2 Å². The Morgan fingerprint density at radius 1 is 0.609 bits per heavy atom. The molecule has 0 atom stereocenters. The van der Waals surface area contributed by atoms with Crippen molar-refractivity contribution in [2.24, 2.45) is 0 Å². The van der Waals surface area contributed by atoms with E-state index in [0.717, 1.165) is 11.4 Å². The van der Waals surface area contributed by atoms with Crippen LogP contribution in [0.15, 0.2) is 48.5 Å². The molecule has 0 aliphatic heterocycles. The molecular formula is C16H22Cl2N2O2Zr. The van der Waals surface area contributed by atoms with Crippen molar-refractivity contribution in [2.45, 2.75) is 0 Å². The van der Waals surface area contributed by atoms with Gasteiger partial charge in [0.1, 0.15) is 11.5 Å². The molecule has 2 N–H and O–H groups in total. The third-order valence-electron chi connectivity index (χ3n) is 2.73. The molecule has 23 heavy (non-hydrogen) atoms. The molecule has 0 radical (unpaired) electrons. The van der Waals surface area contributed by atoms with Crippen LogP contribution in [-0.2, 0) is 26.2 Å². The monoisotopic (exact) mass is 434 g/mol. The fourth-order valence-corrected chi connectivity index (χ4v) is 1.68. The number of phenolic OH excluding ortho intramolecular Hbond substituents is 2. The van der Waals surface area contributed by atoms with Gasteiger partial charge in [0.05, 0.1) is 11.4 Å². The summed E-state index contributed by atoms with van der Waals surface area (Å²) in [5, 5.41) is 18.5. The number of anilines is 2. The van der Waals surface area contributed by atoms with E-state index in [1.165, 1.54) is 0 Å². The fourth-order valence-electron chi connectivity index (χ4n) is 1.68. The Balaban J connectivity index is -0.000000308. The number of nitrogens with zero attached hydrogens (tertiary/aromatic N) is 2. The van der Waals surface area contributed by atoms with Crippen molar-refractivity contribution in [3.8, 4) is 11.5 Å². The molecule has 0 bridgehead atoms. The maximum atomic E-state index is 9.24. The van der Waals surface area contributed by atoms with E-state index >= 15 is 0 Å². The summed E-state index contributed by atoms with van der Waals surface area (Å²) >= 11 is 0. The number of benzene rings is 2. The molecule has 0 heterocycles. The van der Waals surface area contributed by atoms with Gasteiger partial charge < -0.3 is 44.8 Å². The quantitative estimate of drug-likeness (QED) is 0.525. The molecule has 0 aliphatic rings. The van der Waals surface area contributed by atoms with E-state index in [2.05, 4.69) is 0 Å². The fraction of sp³-hybridized carbons (Fsp3) is 0.250. The smallest absolute Gasteiger partial charge is 1.00 e. The number of halogens is 2. The largest absolute Gasteiger partial charge is 2.00 e. The molecule has 0 saturated carbocycles. The van der Waals surface area contributed by atoms with Crippen LogP contribution >= 0.6 is 0 Å². The van der Waals surface area contributed by atoms with Crippen molar-refractivity contribution in [3.63, 3.8) is 0 Å². The number of aromatic hydroxyl groups is 2. The van der Waals surface area contributed by atoms with Crippen molar-refractivity contribution >= 4 is 11.4 Å². The van der Waals surface area contributed by atoms with Crippen LogP contribution in [0, 0.1) is 0 Å². The molecule has 4 nitrogen and oxygen atoms in total. The maximum Gasteiger partial charge on any atom is 2.00 e. The summed E-state index contributed by atoms with van der Waals surface area (Å²) in [6, 6.07) is 14.5. The van der Waals surface area contributed by atoms with Crippen molar-refractivity contribution < 1.29 is 61.2 Å². The second-order valence-electron chi connectivity index (χ2n) is 4.77. The van der Waals surface area contributed by atoms with E-state index < -0.39 is 0 Å². The van der Waals surface area contributed by atoms with Crippen LogP contribution in [0.2, 0.25) is 0 Å². The molecule has 0 saturated heterocycles. The standard InChI is InChI=1S/2C8H11NO.2ClH.Zr/c2*1-9(2)7-5-3-4-6-8(7)10;;;/h2*3-6,10H,1-2H3;2*1H;/q;;;;+2/p-2. The molecule has 2 rings (SSSR count). The molecule has 0 aromatic heterocycles. The third kappa shape index (κ3) is 9.09. The molecular weight excluding hydrogens is 414 g/mol. The summed E-state index contributed by atoms with van der Waals surface area (Å²) in [7, 11) is 7.59. The van der Waals surface area contributed by atoms with Gasteiger partial charge in [0.25, 0.3) is 0 Å². The van der Waals surface area contributed by atoms with Gasteiger partial charge in [0.15, 0.2) is 0 Å². The Labute approximate surface area is 170 Å². The Morgan fingerprint density at radius 2 is 0.870 bits per heavy atom. The molecule has 2 aromatic carbocycles. The predicted octanol–water partition coefficient (Wildman–Crippen LogP) is -3.08. The zero-order valence-corrected chi connectivity index (χ0v) is 17.6. The summed E-state index contributed by atoms with van der Waals surface area (Å²) in [5.41, 5.74) is 1.70. The first-order chi connectivity index (χ1) is 9.43. The molecule has 2 aromatic rings. The van der Waals surface area contributed by atoms with Gasteiger partial charge in [-0.25, -0.2) is 0 Å². The van der Waals surface area contributed by atoms with Crippen molar-refractivity contribution in [1.82, 2.24) is 0 Å². The van der Waals surface area contributed by atoms with E-state index in [4.69, 9.17) is 0 Å². The molecule has 0 aliphatic carbocycles. The zero-order valence-electron chi connectivity index (χ0n) is 13.7. The summed E-state index contributed by atoms with van der Waals surface area (Å²) in [6.07, 6.45) is 0. The number of phenols is 2. The Morgan fingerprint density at radius 3 is 1.04 bits per heavy atom. The minimum Gasteiger partial charge on any atom is -1.00 e. The third-order valence-corrected chi connectivity index (χ3v) is 2.73. The van der Waals surface area contributed by atoms with E-state index in [-0.39, 0.29) is 51.0 Å². The average molecular weight is 436 g/mol.